The summed E-state index contributed by atoms with van der Waals surface area (Å²) in [6, 6.07) is 4.44. The van der Waals surface area contributed by atoms with Crippen molar-refractivity contribution >= 4 is 17.8 Å². The number of rotatable bonds is 7. The molecule has 0 radical (unpaired) electrons. The van der Waals surface area contributed by atoms with E-state index in [1.807, 2.05) is 0 Å². The highest BCUT2D eigenvalue weighted by atomic mass is 16.5. The van der Waals surface area contributed by atoms with Gasteiger partial charge in [0.05, 0.1) is 19.8 Å². The molecule has 0 bridgehead atoms. The molecule has 21 heavy (non-hydrogen) atoms. The van der Waals surface area contributed by atoms with Crippen molar-refractivity contribution in [2.24, 2.45) is 5.73 Å². The van der Waals surface area contributed by atoms with Crippen molar-refractivity contribution in [1.82, 2.24) is 4.90 Å². The average molecular weight is 296 g/mol. The van der Waals surface area contributed by atoms with Gasteiger partial charge in [-0.15, -0.1) is 0 Å². The quantitative estimate of drug-likeness (QED) is 0.714. The Morgan fingerprint density at radius 1 is 1.19 bits per heavy atom. The minimum atomic E-state index is -1.25. The third-order valence-electron chi connectivity index (χ3n) is 2.60. The maximum Gasteiger partial charge on any atom is 0.323 e. The van der Waals surface area contributed by atoms with Crippen LogP contribution < -0.4 is 15.2 Å². The fourth-order valence-corrected chi connectivity index (χ4v) is 1.70. The lowest BCUT2D eigenvalue weighted by Crippen LogP contribution is -2.41. The van der Waals surface area contributed by atoms with Gasteiger partial charge in [0.15, 0.2) is 0 Å². The Hall–Kier alpha value is -2.77. The number of amides is 2. The first-order chi connectivity index (χ1) is 9.88. The van der Waals surface area contributed by atoms with Crippen LogP contribution in [-0.4, -0.2) is 55.1 Å². The van der Waals surface area contributed by atoms with E-state index in [4.69, 9.17) is 20.3 Å². The van der Waals surface area contributed by atoms with Crippen LogP contribution in [0.1, 0.15) is 10.4 Å². The first-order valence-electron chi connectivity index (χ1n) is 5.90. The highest BCUT2D eigenvalue weighted by Gasteiger charge is 2.23. The van der Waals surface area contributed by atoms with E-state index in [1.165, 1.54) is 32.4 Å². The van der Waals surface area contributed by atoms with Gasteiger partial charge in [-0.25, -0.2) is 0 Å². The molecule has 2 amide bonds. The Kier molecular flexibility index (Phi) is 5.53. The lowest BCUT2D eigenvalue weighted by molar-refractivity contribution is -0.138. The van der Waals surface area contributed by atoms with Gasteiger partial charge in [0, 0.05) is 6.07 Å². The summed E-state index contributed by atoms with van der Waals surface area (Å²) in [4.78, 5) is 34.9. The lowest BCUT2D eigenvalue weighted by Gasteiger charge is -2.20. The largest absolute Gasteiger partial charge is 0.497 e. The molecule has 0 aliphatic rings. The van der Waals surface area contributed by atoms with E-state index < -0.39 is 30.9 Å². The first kappa shape index (κ1) is 16.3. The normalized spacial score (nSPS) is 9.81. The lowest BCUT2D eigenvalue weighted by atomic mass is 10.1. The maximum atomic E-state index is 12.3. The van der Waals surface area contributed by atoms with Crippen molar-refractivity contribution in [1.29, 1.82) is 0 Å². The Morgan fingerprint density at radius 3 is 2.33 bits per heavy atom. The third kappa shape index (κ3) is 4.37. The molecular formula is C13H16N2O6. The highest BCUT2D eigenvalue weighted by Crippen LogP contribution is 2.25. The molecule has 0 unspecified atom stereocenters. The summed E-state index contributed by atoms with van der Waals surface area (Å²) < 4.78 is 10.1. The molecule has 0 aliphatic heterocycles. The maximum absolute atomic E-state index is 12.3. The Morgan fingerprint density at radius 2 is 1.86 bits per heavy atom. The molecule has 8 nitrogen and oxygen atoms in total. The molecule has 8 heteroatoms. The van der Waals surface area contributed by atoms with Crippen molar-refractivity contribution in [3.63, 3.8) is 0 Å². The van der Waals surface area contributed by atoms with Crippen molar-refractivity contribution in [2.75, 3.05) is 27.3 Å². The van der Waals surface area contributed by atoms with Crippen LogP contribution in [0.25, 0.3) is 0 Å². The molecule has 1 rings (SSSR count). The second-order valence-electron chi connectivity index (χ2n) is 4.09. The van der Waals surface area contributed by atoms with Gasteiger partial charge < -0.3 is 25.2 Å². The molecule has 0 aromatic heterocycles. The molecular weight excluding hydrogens is 280 g/mol. The fraction of sp³-hybridized carbons (Fsp3) is 0.308. The van der Waals surface area contributed by atoms with Gasteiger partial charge in [-0.2, -0.15) is 0 Å². The van der Waals surface area contributed by atoms with E-state index in [0.717, 1.165) is 4.90 Å². The monoisotopic (exact) mass is 296 g/mol. The number of nitrogens with two attached hydrogens (primary N) is 1. The molecule has 1 aromatic carbocycles. The number of ether oxygens (including phenoxy) is 2. The summed E-state index contributed by atoms with van der Waals surface area (Å²) in [5.74, 6) is -2.05. The minimum Gasteiger partial charge on any atom is -0.497 e. The van der Waals surface area contributed by atoms with Crippen LogP contribution in [0.4, 0.5) is 0 Å². The predicted octanol–water partition coefficient (Wildman–Crippen LogP) is -0.284. The molecule has 0 aliphatic carbocycles. The summed E-state index contributed by atoms with van der Waals surface area (Å²) in [7, 11) is 2.82. The van der Waals surface area contributed by atoms with Gasteiger partial charge >= 0.3 is 5.97 Å². The zero-order chi connectivity index (χ0) is 16.0. The number of hydrogen-bond donors (Lipinski definition) is 2. The van der Waals surface area contributed by atoms with Crippen molar-refractivity contribution < 1.29 is 29.0 Å². The number of carboxylic acids is 1. The van der Waals surface area contributed by atoms with Gasteiger partial charge in [0.2, 0.25) is 5.91 Å². The van der Waals surface area contributed by atoms with Gasteiger partial charge in [-0.05, 0) is 12.1 Å². The topological polar surface area (TPSA) is 119 Å². The molecule has 0 saturated heterocycles. The predicted molar refractivity (Wildman–Crippen MR) is 72.3 cm³/mol. The fourth-order valence-electron chi connectivity index (χ4n) is 1.70. The van der Waals surface area contributed by atoms with E-state index in [1.54, 1.807) is 0 Å². The SMILES string of the molecule is COc1ccc(C(=O)N(CC(N)=O)CC(=O)O)c(OC)c1. The standard InChI is InChI=1S/C13H16N2O6/c1-20-8-3-4-9(10(5-8)21-2)13(19)15(6-11(14)16)7-12(17)18/h3-5H,6-7H2,1-2H3,(H2,14,16)(H,17,18). The van der Waals surface area contributed by atoms with Gasteiger partial charge in [0.25, 0.3) is 5.91 Å². The number of aliphatic carboxylic acids is 1. The summed E-state index contributed by atoms with van der Waals surface area (Å²) in [6.45, 7) is -1.14. The van der Waals surface area contributed by atoms with Crippen molar-refractivity contribution in [3.05, 3.63) is 23.8 Å². The summed E-state index contributed by atoms with van der Waals surface area (Å²) in [5.41, 5.74) is 5.14. The molecule has 0 fully saturated rings. The smallest absolute Gasteiger partial charge is 0.323 e. The number of hydrogen-bond acceptors (Lipinski definition) is 5. The molecule has 0 saturated carbocycles. The number of carbonyl (C=O) groups excluding carboxylic acids is 2. The second kappa shape index (κ2) is 7.13. The summed E-state index contributed by atoms with van der Waals surface area (Å²) in [5, 5.41) is 8.80. The zero-order valence-electron chi connectivity index (χ0n) is 11.7. The van der Waals surface area contributed by atoms with Crippen LogP contribution in [-0.2, 0) is 9.59 Å². The highest BCUT2D eigenvalue weighted by molar-refractivity contribution is 6.00. The number of carboxylic acid groups (broad SMARTS) is 1. The second-order valence-corrected chi connectivity index (χ2v) is 4.09. The molecule has 3 N–H and O–H groups in total. The molecule has 0 spiro atoms. The summed E-state index contributed by atoms with van der Waals surface area (Å²) in [6.07, 6.45) is 0. The molecule has 0 heterocycles. The Balaban J connectivity index is 3.12. The minimum absolute atomic E-state index is 0.112. The van der Waals surface area contributed by atoms with Crippen LogP contribution in [0, 0.1) is 0 Å². The van der Waals surface area contributed by atoms with Gasteiger partial charge in [-0.1, -0.05) is 0 Å². The van der Waals surface area contributed by atoms with Crippen molar-refractivity contribution in [3.8, 4) is 11.5 Å². The zero-order valence-corrected chi connectivity index (χ0v) is 11.7. The number of nitrogens with zero attached hydrogens (tertiary/aromatic N) is 1. The molecule has 1 aromatic rings. The first-order valence-corrected chi connectivity index (χ1v) is 5.90. The van der Waals surface area contributed by atoms with E-state index in [0.29, 0.717) is 5.75 Å². The average Bonchev–Trinajstić information content (AvgIpc) is 2.44. The van der Waals surface area contributed by atoms with Crippen LogP contribution in [0.5, 0.6) is 11.5 Å². The van der Waals surface area contributed by atoms with Gasteiger partial charge in [-0.3, -0.25) is 14.4 Å². The van der Waals surface area contributed by atoms with Gasteiger partial charge in [0.1, 0.15) is 24.6 Å². The Bertz CT molecular complexity index is 542. The number of primary amides is 1. The summed E-state index contributed by atoms with van der Waals surface area (Å²) >= 11 is 0. The van der Waals surface area contributed by atoms with E-state index in [2.05, 4.69) is 0 Å². The number of methoxy groups -OCH3 is 2. The molecule has 0 atom stereocenters. The van der Waals surface area contributed by atoms with Crippen LogP contribution in [0.2, 0.25) is 0 Å². The van der Waals surface area contributed by atoms with Crippen molar-refractivity contribution in [2.45, 2.75) is 0 Å². The van der Waals surface area contributed by atoms with Crippen LogP contribution >= 0.6 is 0 Å². The van der Waals surface area contributed by atoms with E-state index >= 15 is 0 Å². The van der Waals surface area contributed by atoms with Crippen LogP contribution in [0.15, 0.2) is 18.2 Å². The Labute approximate surface area is 121 Å². The van der Waals surface area contributed by atoms with Crippen LogP contribution in [0.3, 0.4) is 0 Å². The van der Waals surface area contributed by atoms with E-state index in [-0.39, 0.29) is 11.3 Å². The number of benzene rings is 1. The third-order valence-corrected chi connectivity index (χ3v) is 2.60. The molecule has 114 valence electrons. The number of carbonyl (C=O) groups is 3. The van der Waals surface area contributed by atoms with E-state index in [9.17, 15) is 14.4 Å².